The van der Waals surface area contributed by atoms with Crippen LogP contribution in [0.15, 0.2) is 28.4 Å². The topological polar surface area (TPSA) is 12.9 Å². The summed E-state index contributed by atoms with van der Waals surface area (Å²) in [6.45, 7) is 7.23. The molecule has 5 saturated carbocycles. The molecule has 24 heavy (non-hydrogen) atoms. The van der Waals surface area contributed by atoms with Crippen molar-refractivity contribution in [2.24, 2.45) is 28.1 Å². The largest absolute Gasteiger partial charge is 0.257 e. The van der Waals surface area contributed by atoms with E-state index in [1.807, 2.05) is 12.3 Å². The van der Waals surface area contributed by atoms with Gasteiger partial charge < -0.3 is 0 Å². The average molecular weight is 386 g/mol. The smallest absolute Gasteiger partial charge is 0.0669 e. The first-order chi connectivity index (χ1) is 11.5. The van der Waals surface area contributed by atoms with Crippen LogP contribution in [0, 0.1) is 28.1 Å². The first-order valence-electron chi connectivity index (χ1n) is 9.78. The molecule has 0 aromatic carbocycles. The second-order valence-electron chi connectivity index (χ2n) is 9.20. The number of hydrogen-bond donors (Lipinski definition) is 0. The van der Waals surface area contributed by atoms with E-state index < -0.39 is 0 Å². The fourth-order valence-corrected chi connectivity index (χ4v) is 8.04. The lowest BCUT2D eigenvalue weighted by atomic mass is 9.27. The van der Waals surface area contributed by atoms with Gasteiger partial charge in [0.1, 0.15) is 0 Å². The summed E-state index contributed by atoms with van der Waals surface area (Å²) in [5, 5.41) is 0. The second kappa shape index (κ2) is 4.75. The second-order valence-corrected chi connectivity index (χ2v) is 10.1. The lowest BCUT2D eigenvalue weighted by Gasteiger charge is -2.77. The number of aromatic nitrogens is 1. The summed E-state index contributed by atoms with van der Waals surface area (Å²) in [5.74, 6) is 2.11. The first kappa shape index (κ1) is 15.6. The van der Waals surface area contributed by atoms with Crippen LogP contribution in [0.25, 0.3) is 5.57 Å². The highest BCUT2D eigenvalue weighted by Gasteiger charge is 2.79. The maximum Gasteiger partial charge on any atom is 0.0669 e. The quantitative estimate of drug-likeness (QED) is 0.568. The van der Waals surface area contributed by atoms with Crippen molar-refractivity contribution < 1.29 is 0 Å². The zero-order chi connectivity index (χ0) is 16.7. The van der Waals surface area contributed by atoms with Gasteiger partial charge in [-0.25, -0.2) is 0 Å². The van der Waals surface area contributed by atoms with Crippen LogP contribution in [0.2, 0.25) is 0 Å². The summed E-state index contributed by atoms with van der Waals surface area (Å²) < 4.78 is 1.14. The highest BCUT2D eigenvalue weighted by molar-refractivity contribution is 9.10. The van der Waals surface area contributed by atoms with Crippen LogP contribution < -0.4 is 0 Å². The average Bonchev–Trinajstić information content (AvgIpc) is 2.90. The molecule has 5 aliphatic rings. The highest BCUT2D eigenvalue weighted by atomic mass is 79.9. The van der Waals surface area contributed by atoms with Gasteiger partial charge in [0, 0.05) is 10.7 Å². The minimum atomic E-state index is 0.481. The van der Waals surface area contributed by atoms with E-state index in [1.165, 1.54) is 56.2 Å². The number of nitrogens with zero attached hydrogens (tertiary/aromatic N) is 1. The van der Waals surface area contributed by atoms with Crippen molar-refractivity contribution in [1.29, 1.82) is 0 Å². The normalized spacial score (nSPS) is 45.8. The van der Waals surface area contributed by atoms with Gasteiger partial charge in [-0.3, -0.25) is 4.98 Å². The highest BCUT2D eigenvalue weighted by Crippen LogP contribution is 2.87. The number of pyridine rings is 1. The van der Waals surface area contributed by atoms with Gasteiger partial charge in [-0.15, -0.1) is 0 Å². The monoisotopic (exact) mass is 385 g/mol. The molecule has 5 fully saturated rings. The van der Waals surface area contributed by atoms with Crippen molar-refractivity contribution in [1.82, 2.24) is 4.98 Å². The van der Waals surface area contributed by atoms with Crippen molar-refractivity contribution in [3.8, 4) is 0 Å². The molecule has 1 aromatic rings. The van der Waals surface area contributed by atoms with E-state index in [4.69, 9.17) is 0 Å². The van der Waals surface area contributed by atoms with Crippen molar-refractivity contribution in [3.05, 3.63) is 34.1 Å². The molecule has 1 aromatic heterocycles. The zero-order valence-electron chi connectivity index (χ0n) is 15.2. The third-order valence-corrected chi connectivity index (χ3v) is 9.71. The molecule has 0 saturated heterocycles. The van der Waals surface area contributed by atoms with Crippen LogP contribution in [0.4, 0.5) is 0 Å². The maximum absolute atomic E-state index is 4.68. The van der Waals surface area contributed by atoms with Gasteiger partial charge in [0.05, 0.1) is 5.69 Å². The molecule has 0 amide bonds. The number of allylic oxidation sites excluding steroid dienone is 2. The van der Waals surface area contributed by atoms with Crippen LogP contribution in [0.3, 0.4) is 0 Å². The Morgan fingerprint density at radius 2 is 2.08 bits per heavy atom. The van der Waals surface area contributed by atoms with E-state index in [-0.39, 0.29) is 0 Å². The van der Waals surface area contributed by atoms with E-state index in [1.54, 1.807) is 5.57 Å². The lowest BCUT2D eigenvalue weighted by molar-refractivity contribution is -0.270. The summed E-state index contributed by atoms with van der Waals surface area (Å²) in [7, 11) is 0. The fourth-order valence-electron chi connectivity index (χ4n) is 7.71. The van der Waals surface area contributed by atoms with Crippen molar-refractivity contribution in [2.45, 2.75) is 65.7 Å². The van der Waals surface area contributed by atoms with Gasteiger partial charge in [-0.05, 0) is 98.2 Å². The van der Waals surface area contributed by atoms with Gasteiger partial charge >= 0.3 is 0 Å². The minimum absolute atomic E-state index is 0.481. The van der Waals surface area contributed by atoms with Crippen molar-refractivity contribution in [3.63, 3.8) is 0 Å². The first-order valence-corrected chi connectivity index (χ1v) is 10.6. The summed E-state index contributed by atoms with van der Waals surface area (Å²) in [5.41, 5.74) is 6.09. The molecule has 5 unspecified atom stereocenters. The molecular weight excluding hydrogens is 358 g/mol. The van der Waals surface area contributed by atoms with Crippen LogP contribution in [0.5, 0.6) is 0 Å². The molecule has 5 aliphatic carbocycles. The molecular formula is C22H28BrN. The Labute approximate surface area is 154 Å². The molecule has 128 valence electrons. The Kier molecular flexibility index (Phi) is 3.09. The molecule has 1 spiro atoms. The zero-order valence-corrected chi connectivity index (χ0v) is 16.7. The van der Waals surface area contributed by atoms with Gasteiger partial charge in [0.2, 0.25) is 0 Å². The standard InChI is InChI=1S/C22H28BrN/c1-4-20-8-9-22(13-20,21-7-5-17(21)18(20)12-21)15(3)14(2)19-11-16(23)6-10-24-19/h6,10-11,17-18H,4-5,7-9,12-13H2,1-3H3. The van der Waals surface area contributed by atoms with E-state index in [0.717, 1.165) is 16.3 Å². The molecule has 0 radical (unpaired) electrons. The van der Waals surface area contributed by atoms with E-state index >= 15 is 0 Å². The third kappa shape index (κ3) is 1.56. The van der Waals surface area contributed by atoms with E-state index in [2.05, 4.69) is 47.8 Å². The van der Waals surface area contributed by atoms with Crippen LogP contribution in [0.1, 0.15) is 71.4 Å². The Morgan fingerprint density at radius 1 is 1.25 bits per heavy atom. The van der Waals surface area contributed by atoms with Crippen LogP contribution in [-0.4, -0.2) is 4.98 Å². The van der Waals surface area contributed by atoms with Crippen LogP contribution >= 0.6 is 15.9 Å². The molecule has 1 nitrogen and oxygen atoms in total. The molecule has 4 bridgehead atoms. The van der Waals surface area contributed by atoms with Crippen molar-refractivity contribution in [2.75, 3.05) is 0 Å². The fraction of sp³-hybridized carbons (Fsp3) is 0.682. The summed E-state index contributed by atoms with van der Waals surface area (Å²) in [6.07, 6.45) is 12.2. The van der Waals surface area contributed by atoms with Gasteiger partial charge in [0.25, 0.3) is 0 Å². The molecule has 0 N–H and O–H groups in total. The third-order valence-electron chi connectivity index (χ3n) is 9.21. The SMILES string of the molecule is CCC12CCC(C(C)=C(C)c3cc(Br)ccn3)(C1)C13CCC1C2C3. The molecule has 5 atom stereocenters. The summed E-state index contributed by atoms with van der Waals surface area (Å²) in [4.78, 5) is 4.68. The van der Waals surface area contributed by atoms with Gasteiger partial charge in [-0.2, -0.15) is 0 Å². The predicted octanol–water partition coefficient (Wildman–Crippen LogP) is 6.63. The number of hydrogen-bond acceptors (Lipinski definition) is 1. The lowest BCUT2D eigenvalue weighted by Crippen LogP contribution is -2.70. The van der Waals surface area contributed by atoms with Crippen LogP contribution in [-0.2, 0) is 0 Å². The van der Waals surface area contributed by atoms with Gasteiger partial charge in [0.15, 0.2) is 0 Å². The molecule has 2 heteroatoms. The summed E-state index contributed by atoms with van der Waals surface area (Å²) in [6, 6.07) is 4.22. The van der Waals surface area contributed by atoms with E-state index in [0.29, 0.717) is 16.2 Å². The Hall–Kier alpha value is -0.630. The predicted molar refractivity (Wildman–Crippen MR) is 102 cm³/mol. The van der Waals surface area contributed by atoms with Crippen molar-refractivity contribution >= 4 is 21.5 Å². The van der Waals surface area contributed by atoms with Gasteiger partial charge in [-0.1, -0.05) is 34.8 Å². The Bertz CT molecular complexity index is 752. The Morgan fingerprint density at radius 3 is 2.71 bits per heavy atom. The Balaban J connectivity index is 1.64. The number of halogens is 1. The maximum atomic E-state index is 4.68. The summed E-state index contributed by atoms with van der Waals surface area (Å²) >= 11 is 3.62. The molecule has 1 heterocycles. The number of rotatable bonds is 3. The van der Waals surface area contributed by atoms with E-state index in [9.17, 15) is 0 Å². The molecule has 0 aliphatic heterocycles. The molecule has 6 rings (SSSR count). The minimum Gasteiger partial charge on any atom is -0.257 e.